The quantitative estimate of drug-likeness (QED) is 0.276. The Hall–Kier alpha value is -0.905. The van der Waals surface area contributed by atoms with E-state index in [-0.39, 0.29) is 37.7 Å². The zero-order valence-corrected chi connectivity index (χ0v) is 11.3. The van der Waals surface area contributed by atoms with E-state index in [1.165, 1.54) is 12.2 Å². The van der Waals surface area contributed by atoms with Gasteiger partial charge in [-0.1, -0.05) is 36.5 Å². The Labute approximate surface area is 132 Å². The summed E-state index contributed by atoms with van der Waals surface area (Å²) < 4.78 is 0. The van der Waals surface area contributed by atoms with Crippen molar-refractivity contribution in [2.24, 2.45) is 0 Å². The first-order chi connectivity index (χ1) is 7.54. The van der Waals surface area contributed by atoms with Crippen LogP contribution in [0.2, 0.25) is 0 Å². The van der Waals surface area contributed by atoms with Gasteiger partial charge in [-0.05, 0) is 26.0 Å². The van der Waals surface area contributed by atoms with Crippen LogP contribution in [0.15, 0.2) is 48.6 Å². The van der Waals surface area contributed by atoms with E-state index in [0.717, 1.165) is 12.2 Å². The third kappa shape index (κ3) is 36.3. The molecule has 0 saturated carbocycles. The maximum Gasteiger partial charge on any atom is 1.00 e. The Bertz CT molecular complexity index is 286. The van der Waals surface area contributed by atoms with Crippen LogP contribution in [0, 0.1) is 0 Å². The first kappa shape index (κ1) is 25.8. The fraction of sp³-hybridized carbons (Fsp3) is 0.167. The van der Waals surface area contributed by atoms with Crippen LogP contribution in [0.25, 0.3) is 0 Å². The van der Waals surface area contributed by atoms with Crippen LogP contribution >= 0.6 is 0 Å². The van der Waals surface area contributed by atoms with Crippen LogP contribution in [0.3, 0.4) is 0 Å². The Morgan fingerprint density at radius 2 is 1.00 bits per heavy atom. The number of carbonyl (C=O) groups is 2. The number of carboxylic acid groups (broad SMARTS) is 2. The summed E-state index contributed by atoms with van der Waals surface area (Å²) in [5.41, 5.74) is 0. The molecular formula is C12H14Li2O4. The smallest absolute Gasteiger partial charge is 0.545 e. The summed E-state index contributed by atoms with van der Waals surface area (Å²) in [6.07, 6.45) is 11.5. The van der Waals surface area contributed by atoms with Gasteiger partial charge in [0.25, 0.3) is 0 Å². The summed E-state index contributed by atoms with van der Waals surface area (Å²) >= 11 is 0. The van der Waals surface area contributed by atoms with Crippen molar-refractivity contribution >= 4 is 11.9 Å². The average Bonchev–Trinajstić information content (AvgIpc) is 2.18. The molecule has 0 bridgehead atoms. The van der Waals surface area contributed by atoms with Crippen LogP contribution in [-0.2, 0) is 9.59 Å². The third-order valence-electron chi connectivity index (χ3n) is 1.07. The van der Waals surface area contributed by atoms with E-state index in [1.807, 2.05) is 0 Å². The summed E-state index contributed by atoms with van der Waals surface area (Å²) in [6.45, 7) is 3.61. The molecule has 0 spiro atoms. The van der Waals surface area contributed by atoms with Gasteiger partial charge >= 0.3 is 37.7 Å². The minimum absolute atomic E-state index is 0. The molecule has 6 heteroatoms. The van der Waals surface area contributed by atoms with Crippen molar-refractivity contribution < 1.29 is 57.5 Å². The molecule has 18 heavy (non-hydrogen) atoms. The maximum atomic E-state index is 9.64. The topological polar surface area (TPSA) is 80.3 Å². The molecule has 0 aliphatic rings. The minimum Gasteiger partial charge on any atom is -0.545 e. The molecule has 0 N–H and O–H groups in total. The van der Waals surface area contributed by atoms with Crippen LogP contribution in [0.5, 0.6) is 0 Å². The van der Waals surface area contributed by atoms with E-state index < -0.39 is 11.9 Å². The molecule has 88 valence electrons. The second-order valence-electron chi connectivity index (χ2n) is 2.41. The summed E-state index contributed by atoms with van der Waals surface area (Å²) in [7, 11) is 0. The van der Waals surface area contributed by atoms with Gasteiger partial charge in [-0.3, -0.25) is 0 Å². The minimum atomic E-state index is -1.16. The molecule has 0 saturated heterocycles. The number of hydrogen-bond donors (Lipinski definition) is 0. The Balaban J connectivity index is -0.0000000980. The molecule has 0 aromatic rings. The molecule has 0 atom stereocenters. The van der Waals surface area contributed by atoms with Gasteiger partial charge in [-0.15, -0.1) is 0 Å². The van der Waals surface area contributed by atoms with Gasteiger partial charge in [-0.25, -0.2) is 0 Å². The monoisotopic (exact) mass is 236 g/mol. The Morgan fingerprint density at radius 3 is 1.17 bits per heavy atom. The van der Waals surface area contributed by atoms with Crippen molar-refractivity contribution in [1.29, 1.82) is 0 Å². The molecular weight excluding hydrogens is 222 g/mol. The summed E-state index contributed by atoms with van der Waals surface area (Å²) in [5, 5.41) is 19.3. The second-order valence-corrected chi connectivity index (χ2v) is 2.41. The first-order valence-corrected chi connectivity index (χ1v) is 4.55. The first-order valence-electron chi connectivity index (χ1n) is 4.55. The number of carboxylic acids is 2. The van der Waals surface area contributed by atoms with Crippen LogP contribution in [0.4, 0.5) is 0 Å². The molecule has 0 unspecified atom stereocenters. The summed E-state index contributed by atoms with van der Waals surface area (Å²) in [4.78, 5) is 19.3. The number of allylic oxidation sites excluding steroid dienone is 6. The number of rotatable bonds is 4. The van der Waals surface area contributed by atoms with Crippen molar-refractivity contribution in [1.82, 2.24) is 0 Å². The van der Waals surface area contributed by atoms with Gasteiger partial charge in [0.05, 0.1) is 11.9 Å². The van der Waals surface area contributed by atoms with Gasteiger partial charge in [0.2, 0.25) is 0 Å². The molecule has 0 aliphatic heterocycles. The van der Waals surface area contributed by atoms with Crippen molar-refractivity contribution in [3.05, 3.63) is 48.6 Å². The van der Waals surface area contributed by atoms with Gasteiger partial charge < -0.3 is 19.8 Å². The molecule has 0 rings (SSSR count). The molecule has 0 radical (unpaired) electrons. The van der Waals surface area contributed by atoms with Gasteiger partial charge in [0, 0.05) is 0 Å². The van der Waals surface area contributed by atoms with Crippen LogP contribution < -0.4 is 47.9 Å². The van der Waals surface area contributed by atoms with E-state index in [0.29, 0.717) is 0 Å². The predicted molar refractivity (Wildman–Crippen MR) is 57.9 cm³/mol. The van der Waals surface area contributed by atoms with Gasteiger partial charge in [0.15, 0.2) is 0 Å². The van der Waals surface area contributed by atoms with E-state index >= 15 is 0 Å². The molecule has 0 amide bonds. The van der Waals surface area contributed by atoms with Gasteiger partial charge in [-0.2, -0.15) is 0 Å². The van der Waals surface area contributed by atoms with Crippen LogP contribution in [-0.4, -0.2) is 11.9 Å². The van der Waals surface area contributed by atoms with Crippen molar-refractivity contribution in [3.63, 3.8) is 0 Å². The number of hydrogen-bond acceptors (Lipinski definition) is 4. The maximum absolute atomic E-state index is 9.64. The molecule has 0 heterocycles. The SMILES string of the molecule is C/C=C/C=C/C(=O)[O-].C/C=C/C=C/C(=O)[O-].[Li+].[Li+]. The van der Waals surface area contributed by atoms with E-state index in [9.17, 15) is 19.8 Å². The number of carbonyl (C=O) groups excluding carboxylic acids is 2. The average molecular weight is 236 g/mol. The van der Waals surface area contributed by atoms with Gasteiger partial charge in [0.1, 0.15) is 0 Å². The number of aliphatic carboxylic acids is 2. The van der Waals surface area contributed by atoms with E-state index in [1.54, 1.807) is 38.2 Å². The fourth-order valence-corrected chi connectivity index (χ4v) is 0.490. The van der Waals surface area contributed by atoms with Crippen molar-refractivity contribution in [2.45, 2.75) is 13.8 Å². The molecule has 0 aliphatic carbocycles. The molecule has 4 nitrogen and oxygen atoms in total. The molecule has 0 aromatic heterocycles. The van der Waals surface area contributed by atoms with Crippen molar-refractivity contribution in [3.8, 4) is 0 Å². The fourth-order valence-electron chi connectivity index (χ4n) is 0.490. The normalized spacial score (nSPS) is 9.89. The zero-order chi connectivity index (χ0) is 12.8. The largest absolute Gasteiger partial charge is 1.00 e. The molecule has 0 aromatic carbocycles. The zero-order valence-electron chi connectivity index (χ0n) is 11.3. The summed E-state index contributed by atoms with van der Waals surface area (Å²) in [6, 6.07) is 0. The third-order valence-corrected chi connectivity index (χ3v) is 1.07. The predicted octanol–water partition coefficient (Wildman–Crippen LogP) is -6.25. The standard InChI is InChI=1S/2C6H8O2.2Li/c2*1-2-3-4-5-6(7)8;;/h2*2-5H,1H3,(H,7,8);;/q;;2*+1/p-2/b2*3-2+,5-4+;;. The Morgan fingerprint density at radius 1 is 0.722 bits per heavy atom. The summed E-state index contributed by atoms with van der Waals surface area (Å²) in [5.74, 6) is -2.33. The van der Waals surface area contributed by atoms with E-state index in [4.69, 9.17) is 0 Å². The van der Waals surface area contributed by atoms with Crippen molar-refractivity contribution in [2.75, 3.05) is 0 Å². The van der Waals surface area contributed by atoms with E-state index in [2.05, 4.69) is 0 Å². The Kier molecular flexibility index (Phi) is 30.7. The van der Waals surface area contributed by atoms with Crippen LogP contribution in [0.1, 0.15) is 13.8 Å². The second kappa shape index (κ2) is 21.4. The molecule has 0 fully saturated rings.